The monoisotopic (exact) mass is 312 g/mol. The Labute approximate surface area is 134 Å². The second kappa shape index (κ2) is 6.64. The van der Waals surface area contributed by atoms with Crippen LogP contribution in [0, 0.1) is 5.92 Å². The molecule has 0 spiro atoms. The number of rotatable bonds is 4. The van der Waals surface area contributed by atoms with E-state index in [4.69, 9.17) is 5.73 Å². The molecule has 1 aliphatic heterocycles. The second-order valence-electron chi connectivity index (χ2n) is 5.88. The van der Waals surface area contributed by atoms with Gasteiger partial charge in [0.05, 0.1) is 18.0 Å². The highest BCUT2D eigenvalue weighted by atomic mass is 16.2. The van der Waals surface area contributed by atoms with Crippen molar-refractivity contribution in [1.29, 1.82) is 0 Å². The molecule has 2 N–H and O–H groups in total. The third kappa shape index (κ3) is 3.59. The zero-order valence-corrected chi connectivity index (χ0v) is 12.9. The summed E-state index contributed by atoms with van der Waals surface area (Å²) in [6, 6.07) is 9.62. The minimum absolute atomic E-state index is 0.0442. The van der Waals surface area contributed by atoms with Crippen molar-refractivity contribution in [2.75, 3.05) is 13.1 Å². The molecule has 1 atom stereocenters. The largest absolute Gasteiger partial charge is 0.369 e. The SMILES string of the molecule is NC(=O)C1CCCN(C(=O)Cc2ccc(-n3cccn3)cc2)C1. The van der Waals surface area contributed by atoms with Crippen LogP contribution in [0.4, 0.5) is 0 Å². The first-order valence-corrected chi connectivity index (χ1v) is 7.79. The third-order valence-corrected chi connectivity index (χ3v) is 4.24. The molecule has 1 saturated heterocycles. The van der Waals surface area contributed by atoms with Crippen molar-refractivity contribution in [3.8, 4) is 5.69 Å². The molecule has 0 bridgehead atoms. The summed E-state index contributed by atoms with van der Waals surface area (Å²) >= 11 is 0. The number of piperidine rings is 1. The van der Waals surface area contributed by atoms with E-state index >= 15 is 0 Å². The Morgan fingerprint density at radius 1 is 1.26 bits per heavy atom. The van der Waals surface area contributed by atoms with E-state index in [1.807, 2.05) is 36.5 Å². The summed E-state index contributed by atoms with van der Waals surface area (Å²) in [6.45, 7) is 1.15. The molecule has 3 rings (SSSR count). The maximum Gasteiger partial charge on any atom is 0.227 e. The normalized spacial score (nSPS) is 17.9. The van der Waals surface area contributed by atoms with Gasteiger partial charge in [0, 0.05) is 25.5 Å². The van der Waals surface area contributed by atoms with Crippen molar-refractivity contribution in [2.24, 2.45) is 11.7 Å². The number of likely N-dealkylation sites (tertiary alicyclic amines) is 1. The van der Waals surface area contributed by atoms with Gasteiger partial charge in [0.25, 0.3) is 0 Å². The number of carbonyl (C=O) groups is 2. The zero-order valence-electron chi connectivity index (χ0n) is 12.9. The highest BCUT2D eigenvalue weighted by Crippen LogP contribution is 2.17. The van der Waals surface area contributed by atoms with Gasteiger partial charge in [-0.1, -0.05) is 12.1 Å². The number of benzene rings is 1. The maximum atomic E-state index is 12.4. The molecule has 1 aromatic heterocycles. The summed E-state index contributed by atoms with van der Waals surface area (Å²) in [5.41, 5.74) is 7.27. The Morgan fingerprint density at radius 2 is 2.04 bits per heavy atom. The lowest BCUT2D eigenvalue weighted by Gasteiger charge is -2.31. The molecule has 1 fully saturated rings. The van der Waals surface area contributed by atoms with Gasteiger partial charge in [-0.3, -0.25) is 9.59 Å². The molecule has 1 aromatic carbocycles. The smallest absolute Gasteiger partial charge is 0.227 e. The van der Waals surface area contributed by atoms with Crippen molar-refractivity contribution >= 4 is 11.8 Å². The number of hydrogen-bond acceptors (Lipinski definition) is 3. The summed E-state index contributed by atoms with van der Waals surface area (Å²) in [4.78, 5) is 25.5. The van der Waals surface area contributed by atoms with E-state index in [1.54, 1.807) is 15.8 Å². The molecular formula is C17H20N4O2. The molecule has 120 valence electrons. The average molecular weight is 312 g/mol. The van der Waals surface area contributed by atoms with Gasteiger partial charge in [-0.2, -0.15) is 5.10 Å². The summed E-state index contributed by atoms with van der Waals surface area (Å²) in [5.74, 6) is -0.483. The molecule has 0 saturated carbocycles. The highest BCUT2D eigenvalue weighted by molar-refractivity contribution is 5.81. The van der Waals surface area contributed by atoms with Crippen LogP contribution in [0.25, 0.3) is 5.69 Å². The van der Waals surface area contributed by atoms with Crippen molar-refractivity contribution in [3.63, 3.8) is 0 Å². The molecule has 2 aromatic rings. The van der Waals surface area contributed by atoms with Crippen molar-refractivity contribution in [3.05, 3.63) is 48.3 Å². The lowest BCUT2D eigenvalue weighted by molar-refractivity contribution is -0.134. The molecule has 2 amide bonds. The standard InChI is InChI=1S/C17H20N4O2/c18-17(23)14-3-1-9-20(12-14)16(22)11-13-4-6-15(7-5-13)21-10-2-8-19-21/h2,4-8,10,14H,1,3,9,11-12H2,(H2,18,23). The van der Waals surface area contributed by atoms with Crippen molar-refractivity contribution < 1.29 is 9.59 Å². The second-order valence-corrected chi connectivity index (χ2v) is 5.88. The van der Waals surface area contributed by atoms with Gasteiger partial charge in [-0.15, -0.1) is 0 Å². The van der Waals surface area contributed by atoms with Crippen LogP contribution in [-0.2, 0) is 16.0 Å². The number of carbonyl (C=O) groups excluding carboxylic acids is 2. The van der Waals surface area contributed by atoms with Gasteiger partial charge in [0.15, 0.2) is 0 Å². The Hall–Kier alpha value is -2.63. The maximum absolute atomic E-state index is 12.4. The fraction of sp³-hybridized carbons (Fsp3) is 0.353. The first-order chi connectivity index (χ1) is 11.1. The van der Waals surface area contributed by atoms with E-state index < -0.39 is 0 Å². The van der Waals surface area contributed by atoms with E-state index in [0.29, 0.717) is 19.5 Å². The van der Waals surface area contributed by atoms with E-state index in [9.17, 15) is 9.59 Å². The Kier molecular flexibility index (Phi) is 4.41. The van der Waals surface area contributed by atoms with Crippen LogP contribution in [0.1, 0.15) is 18.4 Å². The predicted molar refractivity (Wildman–Crippen MR) is 85.8 cm³/mol. The van der Waals surface area contributed by atoms with Crippen LogP contribution in [0.5, 0.6) is 0 Å². The molecular weight excluding hydrogens is 292 g/mol. The van der Waals surface area contributed by atoms with E-state index in [2.05, 4.69) is 5.10 Å². The van der Waals surface area contributed by atoms with Crippen LogP contribution in [-0.4, -0.2) is 39.6 Å². The Balaban J connectivity index is 1.62. The molecule has 1 unspecified atom stereocenters. The van der Waals surface area contributed by atoms with Gasteiger partial charge in [0.1, 0.15) is 0 Å². The number of hydrogen-bond donors (Lipinski definition) is 1. The fourth-order valence-electron chi connectivity index (χ4n) is 2.91. The van der Waals surface area contributed by atoms with Gasteiger partial charge in [-0.25, -0.2) is 4.68 Å². The number of primary amides is 1. The molecule has 6 heteroatoms. The average Bonchev–Trinajstić information content (AvgIpc) is 3.10. The van der Waals surface area contributed by atoms with Gasteiger partial charge >= 0.3 is 0 Å². The van der Waals surface area contributed by atoms with Gasteiger partial charge in [-0.05, 0) is 36.6 Å². The van der Waals surface area contributed by atoms with Crippen LogP contribution in [0.2, 0.25) is 0 Å². The van der Waals surface area contributed by atoms with E-state index in [-0.39, 0.29) is 17.7 Å². The van der Waals surface area contributed by atoms with Gasteiger partial charge < -0.3 is 10.6 Å². The summed E-state index contributed by atoms with van der Waals surface area (Å²) < 4.78 is 1.77. The number of aromatic nitrogens is 2. The van der Waals surface area contributed by atoms with Crippen LogP contribution >= 0.6 is 0 Å². The first kappa shape index (κ1) is 15.3. The summed E-state index contributed by atoms with van der Waals surface area (Å²) in [7, 11) is 0. The number of nitrogens with zero attached hydrogens (tertiary/aromatic N) is 3. The lowest BCUT2D eigenvalue weighted by atomic mass is 9.97. The molecule has 23 heavy (non-hydrogen) atoms. The number of amides is 2. The summed E-state index contributed by atoms with van der Waals surface area (Å²) in [5, 5.41) is 4.17. The molecule has 1 aliphatic rings. The minimum atomic E-state index is -0.314. The van der Waals surface area contributed by atoms with E-state index in [1.165, 1.54) is 0 Å². The molecule has 0 aliphatic carbocycles. The predicted octanol–water partition coefficient (Wildman–Crippen LogP) is 1.14. The van der Waals surface area contributed by atoms with E-state index in [0.717, 1.165) is 24.1 Å². The zero-order chi connectivity index (χ0) is 16.2. The number of nitrogens with two attached hydrogens (primary N) is 1. The lowest BCUT2D eigenvalue weighted by Crippen LogP contribution is -2.44. The van der Waals surface area contributed by atoms with Crippen LogP contribution in [0.15, 0.2) is 42.7 Å². The molecule has 0 radical (unpaired) electrons. The molecule has 2 heterocycles. The summed E-state index contributed by atoms with van der Waals surface area (Å²) in [6.07, 6.45) is 5.54. The Morgan fingerprint density at radius 3 is 2.70 bits per heavy atom. The van der Waals surface area contributed by atoms with Crippen molar-refractivity contribution in [2.45, 2.75) is 19.3 Å². The Bertz CT molecular complexity index is 679. The third-order valence-electron chi connectivity index (χ3n) is 4.24. The van der Waals surface area contributed by atoms with Crippen LogP contribution < -0.4 is 5.73 Å². The fourth-order valence-corrected chi connectivity index (χ4v) is 2.91. The first-order valence-electron chi connectivity index (χ1n) is 7.79. The minimum Gasteiger partial charge on any atom is -0.369 e. The van der Waals surface area contributed by atoms with Crippen molar-refractivity contribution in [1.82, 2.24) is 14.7 Å². The quantitative estimate of drug-likeness (QED) is 0.919. The molecule has 6 nitrogen and oxygen atoms in total. The topological polar surface area (TPSA) is 81.2 Å². The highest BCUT2D eigenvalue weighted by Gasteiger charge is 2.26. The van der Waals surface area contributed by atoms with Gasteiger partial charge in [0.2, 0.25) is 11.8 Å². The van der Waals surface area contributed by atoms with Crippen LogP contribution in [0.3, 0.4) is 0 Å².